The van der Waals surface area contributed by atoms with E-state index in [1.807, 2.05) is 66.7 Å². The average molecular weight is 990 g/mol. The fraction of sp³-hybridized carbons (Fsp3) is 0.704. The van der Waals surface area contributed by atoms with Gasteiger partial charge in [0.2, 0.25) is 6.41 Å². The number of ketones is 1. The molecule has 0 aromatic heterocycles. The Bertz CT molecular complexity index is 1780. The van der Waals surface area contributed by atoms with Crippen molar-refractivity contribution < 1.29 is 72.0 Å². The summed E-state index contributed by atoms with van der Waals surface area (Å²) in [7, 11) is 12.6. The topological polar surface area (TPSA) is 195 Å². The molecule has 0 saturated heterocycles. The molecule has 0 aromatic rings. The number of aliphatic hydroxyl groups excluding tert-OH is 2. The number of carbonyl (C=O) groups is 4. The number of cyclic esters (lactones) is 1. The van der Waals surface area contributed by atoms with E-state index >= 15 is 0 Å². The van der Waals surface area contributed by atoms with Crippen LogP contribution < -0.4 is 0 Å². The second kappa shape index (κ2) is 32.3. The molecule has 0 aliphatic carbocycles. The lowest BCUT2D eigenvalue weighted by Crippen LogP contribution is -2.50. The van der Waals surface area contributed by atoms with Crippen LogP contribution in [0.1, 0.15) is 87.0 Å². The number of carbonyl (C=O) groups excluding carboxylic acids is 4. The normalized spacial score (nSPS) is 31.4. The Hall–Kier alpha value is -3.84. The average Bonchev–Trinajstić information content (AvgIpc) is 3.34. The predicted molar refractivity (Wildman–Crippen MR) is 267 cm³/mol. The highest BCUT2D eigenvalue weighted by Gasteiger charge is 2.43. The standard InChI is InChI=1S/C54H87NO15/c1-33-18-16-20-48(59)69-52(39(7)51(67-14)35(3)23-26-43(58)37(5)44(63-10)19-17-27-55(8)32-56)36(4)21-24-40(57)29-45(64-11)34(2)22-25-41(62-9)30-46(65-12)38(6)53-50(61)42(31-49(60)70-53)54(68-15)47(28-33)66-13/h16-18,20-22,24-25,27,31-32,34-41,44-47,50-54,57,61H,19,23,26,28-30H2,1-15H3/t34?,35?,36?,37?,38?,39?,40?,41?,44?,45?,46?,47?,50-,51?,52?,53-,54?/m0/s1. The fourth-order valence-electron chi connectivity index (χ4n) is 9.57. The van der Waals surface area contributed by atoms with Gasteiger partial charge >= 0.3 is 11.9 Å². The number of methoxy groups -OCH3 is 7. The molecule has 16 heteroatoms. The van der Waals surface area contributed by atoms with Gasteiger partial charge in [-0.2, -0.15) is 0 Å². The molecular formula is C54H87NO15. The maximum Gasteiger partial charge on any atom is 0.331 e. The van der Waals surface area contributed by atoms with Crippen molar-refractivity contribution >= 4 is 24.1 Å². The number of allylic oxidation sites excluding steroid dienone is 2. The lowest BCUT2D eigenvalue weighted by atomic mass is 9.81. The second-order valence-electron chi connectivity index (χ2n) is 19.1. The number of fused-ring (bicyclic) bond motifs is 2. The van der Waals surface area contributed by atoms with Crippen molar-refractivity contribution in [3.63, 3.8) is 0 Å². The highest BCUT2D eigenvalue weighted by atomic mass is 16.6. The number of esters is 2. The van der Waals surface area contributed by atoms with Gasteiger partial charge < -0.3 is 57.7 Å². The Kier molecular flexibility index (Phi) is 28.7. The molecule has 2 bridgehead atoms. The van der Waals surface area contributed by atoms with Crippen LogP contribution >= 0.6 is 0 Å². The molecule has 2 aliphatic rings. The van der Waals surface area contributed by atoms with Gasteiger partial charge in [-0.25, -0.2) is 9.59 Å². The Labute approximate surface area is 418 Å². The van der Waals surface area contributed by atoms with Gasteiger partial charge in [0, 0.05) is 130 Å². The number of nitrogens with zero attached hydrogens (tertiary/aromatic N) is 1. The number of amides is 1. The van der Waals surface area contributed by atoms with E-state index in [0.717, 1.165) is 5.57 Å². The first-order valence-electron chi connectivity index (χ1n) is 24.5. The smallest absolute Gasteiger partial charge is 0.331 e. The highest BCUT2D eigenvalue weighted by molar-refractivity contribution is 5.84. The SMILES string of the molecule is COC1C=CC(C)C(OC)CC(O)C=CC(C)C(C(C)C(OC)C(C)CCC(=O)C(C)C(CC=CN(C)C=O)OC)OC(=O)C=CC=C(C)CC(OC)C(OC)C2=CC(=O)O[C@@H](C(C)C(OC)C1)[C@H]2O. The van der Waals surface area contributed by atoms with Crippen molar-refractivity contribution in [3.05, 3.63) is 72.0 Å². The Balaban J connectivity index is 2.55. The van der Waals surface area contributed by atoms with Crippen molar-refractivity contribution in [1.82, 2.24) is 4.90 Å². The molecule has 2 aliphatic heterocycles. The third kappa shape index (κ3) is 19.3. The summed E-state index contributed by atoms with van der Waals surface area (Å²) in [4.78, 5) is 52.7. The highest BCUT2D eigenvalue weighted by Crippen LogP contribution is 2.34. The Morgan fingerprint density at radius 3 is 2.07 bits per heavy atom. The van der Waals surface area contributed by atoms with E-state index in [4.69, 9.17) is 42.6 Å². The summed E-state index contributed by atoms with van der Waals surface area (Å²) < 4.78 is 53.2. The molecule has 0 saturated carbocycles. The van der Waals surface area contributed by atoms with Crippen LogP contribution in [-0.2, 0) is 61.8 Å². The summed E-state index contributed by atoms with van der Waals surface area (Å²) in [5, 5.41) is 23.2. The Morgan fingerprint density at radius 1 is 0.829 bits per heavy atom. The molecule has 70 heavy (non-hydrogen) atoms. The van der Waals surface area contributed by atoms with Crippen LogP contribution in [0.5, 0.6) is 0 Å². The molecule has 2 N–H and O–H groups in total. The van der Waals surface area contributed by atoms with Gasteiger partial charge in [-0.15, -0.1) is 0 Å². The predicted octanol–water partition coefficient (Wildman–Crippen LogP) is 6.53. The number of Topliss-reactive ketones (excluding diaryl/α,β-unsaturated/α-hetero) is 1. The van der Waals surface area contributed by atoms with Crippen molar-refractivity contribution in [2.75, 3.05) is 56.8 Å². The first kappa shape index (κ1) is 62.3. The van der Waals surface area contributed by atoms with E-state index in [0.29, 0.717) is 37.7 Å². The summed E-state index contributed by atoms with van der Waals surface area (Å²) in [5.74, 6) is -3.07. The molecule has 17 atom stereocenters. The molecule has 0 fully saturated rings. The minimum absolute atomic E-state index is 0.0397. The summed E-state index contributed by atoms with van der Waals surface area (Å²) in [5.41, 5.74) is 1.12. The van der Waals surface area contributed by atoms with Crippen molar-refractivity contribution in [1.29, 1.82) is 0 Å². The maximum absolute atomic E-state index is 13.7. The number of ether oxygens (including phenoxy) is 9. The minimum atomic E-state index is -1.24. The summed E-state index contributed by atoms with van der Waals surface area (Å²) >= 11 is 0. The van der Waals surface area contributed by atoms with Gasteiger partial charge in [0.1, 0.15) is 30.2 Å². The molecule has 0 radical (unpaired) electrons. The molecule has 0 aromatic carbocycles. The first-order valence-corrected chi connectivity index (χ1v) is 24.5. The van der Waals surface area contributed by atoms with Crippen molar-refractivity contribution in [2.24, 2.45) is 35.5 Å². The van der Waals surface area contributed by atoms with Crippen LogP contribution in [0.3, 0.4) is 0 Å². The molecule has 16 nitrogen and oxygen atoms in total. The van der Waals surface area contributed by atoms with E-state index in [1.165, 1.54) is 31.3 Å². The van der Waals surface area contributed by atoms with E-state index in [-0.39, 0.29) is 54.5 Å². The fourth-order valence-corrected chi connectivity index (χ4v) is 9.57. The summed E-state index contributed by atoms with van der Waals surface area (Å²) in [6, 6.07) is 0. The van der Waals surface area contributed by atoms with E-state index in [1.54, 1.807) is 73.1 Å². The number of aliphatic hydroxyl groups is 2. The van der Waals surface area contributed by atoms with Crippen LogP contribution in [0.15, 0.2) is 72.0 Å². The number of rotatable bonds is 19. The summed E-state index contributed by atoms with van der Waals surface area (Å²) in [6.07, 6.45) is 12.4. The lowest BCUT2D eigenvalue weighted by molar-refractivity contribution is -0.162. The summed E-state index contributed by atoms with van der Waals surface area (Å²) in [6.45, 7) is 13.4. The van der Waals surface area contributed by atoms with Crippen LogP contribution in [0.2, 0.25) is 0 Å². The Morgan fingerprint density at radius 2 is 1.49 bits per heavy atom. The molecule has 2 rings (SSSR count). The third-order valence-electron chi connectivity index (χ3n) is 14.1. The van der Waals surface area contributed by atoms with Gasteiger partial charge in [-0.3, -0.25) is 9.59 Å². The quantitative estimate of drug-likeness (QED) is 0.0805. The monoisotopic (exact) mass is 990 g/mol. The zero-order chi connectivity index (χ0) is 52.7. The van der Waals surface area contributed by atoms with Gasteiger partial charge in [-0.1, -0.05) is 89.6 Å². The molecule has 1 amide bonds. The van der Waals surface area contributed by atoms with Crippen molar-refractivity contribution in [2.45, 2.75) is 154 Å². The van der Waals surface area contributed by atoms with E-state index in [9.17, 15) is 29.4 Å². The molecule has 2 heterocycles. The van der Waals surface area contributed by atoms with Gasteiger partial charge in [0.05, 0.1) is 42.7 Å². The van der Waals surface area contributed by atoms with Crippen molar-refractivity contribution in [3.8, 4) is 0 Å². The number of hydrogen-bond acceptors (Lipinski definition) is 15. The largest absolute Gasteiger partial charge is 0.458 e. The van der Waals surface area contributed by atoms with Gasteiger partial charge in [0.15, 0.2) is 0 Å². The zero-order valence-electron chi connectivity index (χ0n) is 44.6. The zero-order valence-corrected chi connectivity index (χ0v) is 44.6. The van der Waals surface area contributed by atoms with Crippen LogP contribution in [-0.4, -0.2) is 163 Å². The van der Waals surface area contributed by atoms with Crippen LogP contribution in [0.4, 0.5) is 0 Å². The lowest BCUT2D eigenvalue weighted by Gasteiger charge is -2.39. The van der Waals surface area contributed by atoms with Gasteiger partial charge in [-0.05, 0) is 32.1 Å². The maximum atomic E-state index is 13.7. The first-order chi connectivity index (χ1) is 33.2. The minimum Gasteiger partial charge on any atom is -0.458 e. The van der Waals surface area contributed by atoms with E-state index < -0.39 is 78.7 Å². The van der Waals surface area contributed by atoms with Crippen LogP contribution in [0.25, 0.3) is 0 Å². The third-order valence-corrected chi connectivity index (χ3v) is 14.1. The van der Waals surface area contributed by atoms with E-state index in [2.05, 4.69) is 0 Å². The molecule has 15 unspecified atom stereocenters. The molecular weight excluding hydrogens is 903 g/mol. The van der Waals surface area contributed by atoms with Gasteiger partial charge in [0.25, 0.3) is 0 Å². The number of hydrogen-bond donors (Lipinski definition) is 2. The van der Waals surface area contributed by atoms with Crippen LogP contribution in [0, 0.1) is 35.5 Å². The molecule has 0 spiro atoms. The second-order valence-corrected chi connectivity index (χ2v) is 19.1. The molecule has 398 valence electrons.